The average Bonchev–Trinajstić information content (AvgIpc) is 3.01. The monoisotopic (exact) mass is 287 g/mol. The molecular formula is C18H29N3. The van der Waals surface area contributed by atoms with Crippen LogP contribution in [0.1, 0.15) is 37.3 Å². The molecule has 1 saturated heterocycles. The summed E-state index contributed by atoms with van der Waals surface area (Å²) < 4.78 is 0. The van der Waals surface area contributed by atoms with Crippen LogP contribution in [0.5, 0.6) is 0 Å². The smallest absolute Gasteiger partial charge is 0.0396 e. The third-order valence-corrected chi connectivity index (χ3v) is 4.94. The van der Waals surface area contributed by atoms with E-state index in [-0.39, 0.29) is 0 Å². The van der Waals surface area contributed by atoms with Gasteiger partial charge in [-0.2, -0.15) is 0 Å². The minimum atomic E-state index is 0.726. The van der Waals surface area contributed by atoms with Crippen LogP contribution in [0.4, 0.5) is 5.69 Å². The Morgan fingerprint density at radius 1 is 1.38 bits per heavy atom. The van der Waals surface area contributed by atoms with Crippen LogP contribution in [0, 0.1) is 0 Å². The molecule has 1 unspecified atom stereocenters. The molecule has 21 heavy (non-hydrogen) atoms. The molecule has 0 aliphatic carbocycles. The van der Waals surface area contributed by atoms with Gasteiger partial charge in [-0.25, -0.2) is 0 Å². The molecule has 2 aliphatic rings. The van der Waals surface area contributed by atoms with Crippen LogP contribution in [0.15, 0.2) is 18.2 Å². The van der Waals surface area contributed by atoms with Crippen LogP contribution in [0.3, 0.4) is 0 Å². The molecule has 0 radical (unpaired) electrons. The van der Waals surface area contributed by atoms with Crippen LogP contribution >= 0.6 is 0 Å². The van der Waals surface area contributed by atoms with Gasteiger partial charge in [-0.05, 0) is 56.0 Å². The van der Waals surface area contributed by atoms with Crippen molar-refractivity contribution in [1.82, 2.24) is 10.2 Å². The van der Waals surface area contributed by atoms with E-state index in [4.69, 9.17) is 0 Å². The zero-order chi connectivity index (χ0) is 14.7. The molecule has 0 bridgehead atoms. The number of nitrogens with zero attached hydrogens (tertiary/aromatic N) is 2. The molecule has 1 fully saturated rings. The maximum Gasteiger partial charge on any atom is 0.0396 e. The first-order chi connectivity index (χ1) is 10.3. The quantitative estimate of drug-likeness (QED) is 0.898. The van der Waals surface area contributed by atoms with Crippen molar-refractivity contribution >= 4 is 5.69 Å². The van der Waals surface area contributed by atoms with Crippen LogP contribution in [0.2, 0.25) is 0 Å². The standard InChI is InChI=1S/C18H29N3/c1-3-10-21(17-8-9-19-13-17)14-15-6-7-18-16(12-15)5-4-11-20(18)2/h6-7,12,17,19H,3-5,8-11,13-14H2,1-2H3. The van der Waals surface area contributed by atoms with E-state index >= 15 is 0 Å². The Morgan fingerprint density at radius 2 is 2.29 bits per heavy atom. The highest BCUT2D eigenvalue weighted by atomic mass is 15.2. The van der Waals surface area contributed by atoms with Crippen molar-refractivity contribution in [1.29, 1.82) is 0 Å². The Bertz CT molecular complexity index is 466. The van der Waals surface area contributed by atoms with Gasteiger partial charge in [0.25, 0.3) is 0 Å². The number of rotatable bonds is 5. The molecule has 0 aromatic heterocycles. The number of hydrogen-bond acceptors (Lipinski definition) is 3. The average molecular weight is 287 g/mol. The summed E-state index contributed by atoms with van der Waals surface area (Å²) in [5.74, 6) is 0. The lowest BCUT2D eigenvalue weighted by molar-refractivity contribution is 0.199. The summed E-state index contributed by atoms with van der Waals surface area (Å²) in [7, 11) is 2.21. The Balaban J connectivity index is 1.73. The summed E-state index contributed by atoms with van der Waals surface area (Å²) >= 11 is 0. The van der Waals surface area contributed by atoms with E-state index in [2.05, 4.69) is 47.3 Å². The molecule has 0 amide bonds. The van der Waals surface area contributed by atoms with E-state index in [9.17, 15) is 0 Å². The van der Waals surface area contributed by atoms with E-state index in [0.717, 1.165) is 19.1 Å². The van der Waals surface area contributed by atoms with E-state index in [0.29, 0.717) is 0 Å². The van der Waals surface area contributed by atoms with Crippen molar-refractivity contribution in [2.45, 2.75) is 45.2 Å². The maximum absolute atomic E-state index is 3.50. The second-order valence-electron chi connectivity index (χ2n) is 6.61. The zero-order valence-electron chi connectivity index (χ0n) is 13.6. The van der Waals surface area contributed by atoms with Crippen molar-refractivity contribution in [2.24, 2.45) is 0 Å². The van der Waals surface area contributed by atoms with Crippen LogP contribution in [0.25, 0.3) is 0 Å². The first kappa shape index (κ1) is 14.9. The first-order valence-electron chi connectivity index (χ1n) is 8.55. The highest BCUT2D eigenvalue weighted by Gasteiger charge is 2.22. The number of hydrogen-bond donors (Lipinski definition) is 1. The summed E-state index contributed by atoms with van der Waals surface area (Å²) in [5.41, 5.74) is 4.47. The van der Waals surface area contributed by atoms with Crippen molar-refractivity contribution in [3.63, 3.8) is 0 Å². The minimum Gasteiger partial charge on any atom is -0.374 e. The Hall–Kier alpha value is -1.06. The molecule has 1 aromatic carbocycles. The Labute approximate surface area is 129 Å². The first-order valence-corrected chi connectivity index (χ1v) is 8.55. The lowest BCUT2D eigenvalue weighted by Gasteiger charge is -2.30. The molecule has 3 nitrogen and oxygen atoms in total. The van der Waals surface area contributed by atoms with E-state index in [1.54, 1.807) is 5.56 Å². The molecule has 116 valence electrons. The zero-order valence-corrected chi connectivity index (χ0v) is 13.6. The highest BCUT2D eigenvalue weighted by Crippen LogP contribution is 2.27. The molecule has 3 rings (SSSR count). The fourth-order valence-corrected chi connectivity index (χ4v) is 3.80. The van der Waals surface area contributed by atoms with Gasteiger partial charge >= 0.3 is 0 Å². The van der Waals surface area contributed by atoms with Gasteiger partial charge in [0.05, 0.1) is 0 Å². The fraction of sp³-hybridized carbons (Fsp3) is 0.667. The summed E-state index contributed by atoms with van der Waals surface area (Å²) in [6.07, 6.45) is 5.07. The van der Waals surface area contributed by atoms with Gasteiger partial charge in [0.15, 0.2) is 0 Å². The number of fused-ring (bicyclic) bond motifs is 1. The van der Waals surface area contributed by atoms with Crippen molar-refractivity contribution in [2.75, 3.05) is 38.1 Å². The molecule has 2 heterocycles. The Kier molecular flexibility index (Phi) is 4.81. The van der Waals surface area contributed by atoms with Crippen molar-refractivity contribution in [3.05, 3.63) is 29.3 Å². The molecule has 3 heteroatoms. The summed E-state index contributed by atoms with van der Waals surface area (Å²) in [4.78, 5) is 5.07. The van der Waals surface area contributed by atoms with Crippen molar-refractivity contribution in [3.8, 4) is 0 Å². The Morgan fingerprint density at radius 3 is 3.05 bits per heavy atom. The van der Waals surface area contributed by atoms with Gasteiger partial charge in [-0.3, -0.25) is 4.90 Å². The topological polar surface area (TPSA) is 18.5 Å². The number of aryl methyl sites for hydroxylation is 1. The van der Waals surface area contributed by atoms with E-state index in [1.807, 2.05) is 0 Å². The second kappa shape index (κ2) is 6.80. The minimum absolute atomic E-state index is 0.726. The lowest BCUT2D eigenvalue weighted by Crippen LogP contribution is -2.37. The SMILES string of the molecule is CCCN(Cc1ccc2c(c1)CCCN2C)C1CCNC1. The van der Waals surface area contributed by atoms with Gasteiger partial charge in [-0.1, -0.05) is 19.1 Å². The largest absolute Gasteiger partial charge is 0.374 e. The number of nitrogens with one attached hydrogen (secondary N) is 1. The molecule has 1 aromatic rings. The van der Waals surface area contributed by atoms with Crippen LogP contribution in [-0.4, -0.2) is 44.2 Å². The predicted molar refractivity (Wildman–Crippen MR) is 90.0 cm³/mol. The van der Waals surface area contributed by atoms with Crippen molar-refractivity contribution < 1.29 is 0 Å². The van der Waals surface area contributed by atoms with Gasteiger partial charge in [-0.15, -0.1) is 0 Å². The second-order valence-corrected chi connectivity index (χ2v) is 6.61. The van der Waals surface area contributed by atoms with Gasteiger partial charge in [0.2, 0.25) is 0 Å². The summed E-state index contributed by atoms with van der Waals surface area (Å²) in [6, 6.07) is 7.85. The molecule has 0 spiro atoms. The molecule has 0 saturated carbocycles. The van der Waals surface area contributed by atoms with Crippen LogP contribution in [-0.2, 0) is 13.0 Å². The molecule has 2 aliphatic heterocycles. The predicted octanol–water partition coefficient (Wildman–Crippen LogP) is 2.64. The molecule has 1 atom stereocenters. The molecule has 1 N–H and O–H groups in total. The number of anilines is 1. The third kappa shape index (κ3) is 3.41. The summed E-state index contributed by atoms with van der Waals surface area (Å²) in [5, 5.41) is 3.50. The molecular weight excluding hydrogens is 258 g/mol. The van der Waals surface area contributed by atoms with Gasteiger partial charge < -0.3 is 10.2 Å². The fourth-order valence-electron chi connectivity index (χ4n) is 3.80. The van der Waals surface area contributed by atoms with Crippen LogP contribution < -0.4 is 10.2 Å². The normalized spacial score (nSPS) is 21.9. The van der Waals surface area contributed by atoms with E-state index < -0.39 is 0 Å². The van der Waals surface area contributed by atoms with Gasteiger partial charge in [0, 0.05) is 38.4 Å². The highest BCUT2D eigenvalue weighted by molar-refractivity contribution is 5.56. The van der Waals surface area contributed by atoms with Gasteiger partial charge in [0.1, 0.15) is 0 Å². The van der Waals surface area contributed by atoms with E-state index in [1.165, 1.54) is 56.6 Å². The maximum atomic E-state index is 3.50. The lowest BCUT2D eigenvalue weighted by atomic mass is 9.99. The summed E-state index contributed by atoms with van der Waals surface area (Å²) in [6.45, 7) is 8.15. The third-order valence-electron chi connectivity index (χ3n) is 4.94. The number of benzene rings is 1.